The van der Waals surface area contributed by atoms with Gasteiger partial charge in [-0.3, -0.25) is 4.79 Å². The van der Waals surface area contributed by atoms with E-state index in [4.69, 9.17) is 25.8 Å². The molecule has 2 fully saturated rings. The van der Waals surface area contributed by atoms with Crippen LogP contribution in [0.15, 0.2) is 40.9 Å². The van der Waals surface area contributed by atoms with E-state index >= 15 is 0 Å². The van der Waals surface area contributed by atoms with E-state index in [1.807, 2.05) is 24.8 Å². The van der Waals surface area contributed by atoms with Crippen molar-refractivity contribution >= 4 is 34.2 Å². The van der Waals surface area contributed by atoms with E-state index in [1.165, 1.54) is 0 Å². The van der Waals surface area contributed by atoms with Gasteiger partial charge in [-0.15, -0.1) is 0 Å². The minimum atomic E-state index is -0.262. The monoisotopic (exact) mass is 534 g/mol. The number of anilines is 1. The second kappa shape index (κ2) is 9.75. The van der Waals surface area contributed by atoms with Crippen LogP contribution in [0.2, 0.25) is 5.02 Å². The van der Waals surface area contributed by atoms with Crippen molar-refractivity contribution in [3.05, 3.63) is 58.7 Å². The third kappa shape index (κ3) is 4.16. The standard InChI is InChI=1S/C29H31ClN4O4/c1-16-28(17(2)38-32-16)18-4-10-24-23(14-18)31-29(34(24)19-5-8-21(35)9-6-19)25-11-13-27(36)33(25)20-7-12-26(37-3)22(30)15-20/h4,7,10,12,14-15,19,21,25,35H,5-6,8-9,11,13H2,1-3H3/t19-,21-,25-/m0/s1. The first kappa shape index (κ1) is 24.9. The minimum absolute atomic E-state index is 0.0466. The lowest BCUT2D eigenvalue weighted by Gasteiger charge is -2.31. The number of nitrogens with zero attached hydrogens (tertiary/aromatic N) is 4. The summed E-state index contributed by atoms with van der Waals surface area (Å²) < 4.78 is 13.1. The Morgan fingerprint density at radius 1 is 1.08 bits per heavy atom. The highest BCUT2D eigenvalue weighted by Gasteiger charge is 2.38. The molecule has 1 saturated heterocycles. The number of halogens is 1. The zero-order chi connectivity index (χ0) is 26.6. The first-order valence-corrected chi connectivity index (χ1v) is 13.5. The van der Waals surface area contributed by atoms with Crippen LogP contribution in [-0.4, -0.2) is 38.9 Å². The summed E-state index contributed by atoms with van der Waals surface area (Å²) in [7, 11) is 1.57. The molecule has 1 saturated carbocycles. The number of aliphatic hydroxyl groups excluding tert-OH is 1. The van der Waals surface area contributed by atoms with Crippen molar-refractivity contribution in [3.8, 4) is 16.9 Å². The number of aromatic nitrogens is 3. The third-order valence-electron chi connectivity index (χ3n) is 7.99. The third-order valence-corrected chi connectivity index (χ3v) is 8.29. The molecule has 2 aliphatic rings. The van der Waals surface area contributed by atoms with Gasteiger partial charge in [-0.25, -0.2) is 4.98 Å². The molecular weight excluding hydrogens is 504 g/mol. The second-order valence-electron chi connectivity index (χ2n) is 10.3. The van der Waals surface area contributed by atoms with E-state index < -0.39 is 0 Å². The van der Waals surface area contributed by atoms with Crippen molar-refractivity contribution in [1.29, 1.82) is 0 Å². The van der Waals surface area contributed by atoms with Gasteiger partial charge >= 0.3 is 0 Å². The number of amides is 1. The van der Waals surface area contributed by atoms with Crippen molar-refractivity contribution in [2.45, 2.75) is 70.6 Å². The van der Waals surface area contributed by atoms with Crippen molar-refractivity contribution in [1.82, 2.24) is 14.7 Å². The highest BCUT2D eigenvalue weighted by Crippen LogP contribution is 2.43. The van der Waals surface area contributed by atoms with Gasteiger partial charge in [0.25, 0.3) is 0 Å². The molecular formula is C29H31ClN4O4. The van der Waals surface area contributed by atoms with Crippen LogP contribution in [0.3, 0.4) is 0 Å². The Morgan fingerprint density at radius 3 is 2.55 bits per heavy atom. The molecule has 1 amide bonds. The van der Waals surface area contributed by atoms with Gasteiger partial charge in [0.2, 0.25) is 5.91 Å². The van der Waals surface area contributed by atoms with Crippen molar-refractivity contribution in [2.75, 3.05) is 12.0 Å². The average molecular weight is 535 g/mol. The molecule has 38 heavy (non-hydrogen) atoms. The lowest BCUT2D eigenvalue weighted by molar-refractivity contribution is -0.117. The maximum absolute atomic E-state index is 13.2. The van der Waals surface area contributed by atoms with Crippen LogP contribution >= 0.6 is 11.6 Å². The molecule has 1 atom stereocenters. The Bertz CT molecular complexity index is 1500. The van der Waals surface area contributed by atoms with Crippen LogP contribution in [0, 0.1) is 13.8 Å². The number of imidazole rings is 1. The van der Waals surface area contributed by atoms with Gasteiger partial charge in [0, 0.05) is 23.7 Å². The Hall–Kier alpha value is -3.36. The Kier molecular flexibility index (Phi) is 6.40. The zero-order valence-corrected chi connectivity index (χ0v) is 22.5. The molecule has 2 aromatic carbocycles. The van der Waals surface area contributed by atoms with Crippen molar-refractivity contribution in [3.63, 3.8) is 0 Å². The average Bonchev–Trinajstić information content (AvgIpc) is 3.58. The SMILES string of the molecule is COc1ccc(N2C(=O)CC[C@H]2c2nc3cc(-c4c(C)noc4C)ccc3n2[C@H]2CC[C@H](O)CC2)cc1Cl. The second-order valence-corrected chi connectivity index (χ2v) is 10.7. The van der Waals surface area contributed by atoms with E-state index in [2.05, 4.69) is 27.9 Å². The van der Waals surface area contributed by atoms with Gasteiger partial charge in [0.05, 0.1) is 41.0 Å². The lowest BCUT2D eigenvalue weighted by Crippen LogP contribution is -2.31. The molecule has 8 nitrogen and oxygen atoms in total. The smallest absolute Gasteiger partial charge is 0.227 e. The molecule has 198 valence electrons. The summed E-state index contributed by atoms with van der Waals surface area (Å²) in [6.07, 6.45) is 4.07. The molecule has 4 aromatic rings. The van der Waals surface area contributed by atoms with E-state index in [0.717, 1.165) is 70.8 Å². The lowest BCUT2D eigenvalue weighted by atomic mass is 9.92. The first-order valence-electron chi connectivity index (χ1n) is 13.1. The van der Waals surface area contributed by atoms with Gasteiger partial charge in [-0.05, 0) is 81.8 Å². The number of carbonyl (C=O) groups is 1. The van der Waals surface area contributed by atoms with Crippen LogP contribution in [0.5, 0.6) is 5.75 Å². The summed E-state index contributed by atoms with van der Waals surface area (Å²) in [5, 5.41) is 14.8. The number of carbonyl (C=O) groups excluding carboxylic acids is 1. The molecule has 0 unspecified atom stereocenters. The molecule has 1 aliphatic heterocycles. The predicted molar refractivity (Wildman–Crippen MR) is 146 cm³/mol. The fourth-order valence-corrected chi connectivity index (χ4v) is 6.41. The van der Waals surface area contributed by atoms with Crippen LogP contribution < -0.4 is 9.64 Å². The van der Waals surface area contributed by atoms with Gasteiger partial charge in [-0.2, -0.15) is 0 Å². The molecule has 1 N–H and O–H groups in total. The number of methoxy groups -OCH3 is 1. The number of fused-ring (bicyclic) bond motifs is 1. The maximum Gasteiger partial charge on any atom is 0.227 e. The molecule has 0 bridgehead atoms. The zero-order valence-electron chi connectivity index (χ0n) is 21.8. The van der Waals surface area contributed by atoms with Gasteiger partial charge in [0.15, 0.2) is 0 Å². The van der Waals surface area contributed by atoms with Crippen LogP contribution in [-0.2, 0) is 4.79 Å². The largest absolute Gasteiger partial charge is 0.495 e. The number of benzene rings is 2. The molecule has 3 heterocycles. The Balaban J connectivity index is 1.49. The number of ether oxygens (including phenoxy) is 1. The first-order chi connectivity index (χ1) is 18.4. The summed E-state index contributed by atoms with van der Waals surface area (Å²) >= 11 is 6.45. The Labute approximate surface area is 226 Å². The van der Waals surface area contributed by atoms with E-state index in [1.54, 1.807) is 19.2 Å². The summed E-state index contributed by atoms with van der Waals surface area (Å²) in [4.78, 5) is 20.2. The highest BCUT2D eigenvalue weighted by atomic mass is 35.5. The summed E-state index contributed by atoms with van der Waals surface area (Å²) in [6.45, 7) is 3.86. The number of hydrogen-bond acceptors (Lipinski definition) is 6. The van der Waals surface area contributed by atoms with Crippen molar-refractivity contribution < 1.29 is 19.2 Å². The summed E-state index contributed by atoms with van der Waals surface area (Å²) in [6, 6.07) is 11.7. The van der Waals surface area contributed by atoms with Crippen LogP contribution in [0.25, 0.3) is 22.2 Å². The molecule has 2 aromatic heterocycles. The van der Waals surface area contributed by atoms with E-state index in [0.29, 0.717) is 23.6 Å². The molecule has 6 rings (SSSR count). The number of aryl methyl sites for hydroxylation is 2. The maximum atomic E-state index is 13.2. The molecule has 1 aliphatic carbocycles. The van der Waals surface area contributed by atoms with Crippen LogP contribution in [0.4, 0.5) is 5.69 Å². The fourth-order valence-electron chi connectivity index (χ4n) is 6.16. The predicted octanol–water partition coefficient (Wildman–Crippen LogP) is 6.31. The van der Waals surface area contributed by atoms with Crippen LogP contribution in [0.1, 0.15) is 67.9 Å². The topological polar surface area (TPSA) is 93.6 Å². The normalized spacial score (nSPS) is 22.0. The van der Waals surface area contributed by atoms with Gasteiger partial charge in [0.1, 0.15) is 17.3 Å². The van der Waals surface area contributed by atoms with Crippen molar-refractivity contribution in [2.24, 2.45) is 0 Å². The van der Waals surface area contributed by atoms with Gasteiger partial charge in [-0.1, -0.05) is 22.8 Å². The Morgan fingerprint density at radius 2 is 1.87 bits per heavy atom. The summed E-state index contributed by atoms with van der Waals surface area (Å²) in [5.41, 5.74) is 5.46. The highest BCUT2D eigenvalue weighted by molar-refractivity contribution is 6.32. The molecule has 0 radical (unpaired) electrons. The minimum Gasteiger partial charge on any atom is -0.495 e. The summed E-state index contributed by atoms with van der Waals surface area (Å²) in [5.74, 6) is 2.26. The molecule has 9 heteroatoms. The number of rotatable bonds is 5. The number of aliphatic hydroxyl groups is 1. The fraction of sp³-hybridized carbons (Fsp3) is 0.414. The van der Waals surface area contributed by atoms with Gasteiger partial charge < -0.3 is 23.8 Å². The van der Waals surface area contributed by atoms with E-state index in [-0.39, 0.29) is 24.1 Å². The number of hydrogen-bond donors (Lipinski definition) is 1. The quantitative estimate of drug-likeness (QED) is 0.322. The molecule has 0 spiro atoms. The van der Waals surface area contributed by atoms with E-state index in [9.17, 15) is 9.90 Å².